The number of amides is 1. The highest BCUT2D eigenvalue weighted by molar-refractivity contribution is 5.91. The van der Waals surface area contributed by atoms with E-state index in [0.29, 0.717) is 44.9 Å². The predicted octanol–water partition coefficient (Wildman–Crippen LogP) is 5.17. The van der Waals surface area contributed by atoms with Crippen LogP contribution in [-0.4, -0.2) is 64.0 Å². The number of carboxylic acids is 1. The summed E-state index contributed by atoms with van der Waals surface area (Å²) in [6.07, 6.45) is 7.41. The van der Waals surface area contributed by atoms with Crippen molar-refractivity contribution in [1.29, 1.82) is 0 Å². The number of para-hydroxylation sites is 1. The van der Waals surface area contributed by atoms with Crippen molar-refractivity contribution in [2.45, 2.75) is 37.6 Å². The number of aromatic amines is 1. The van der Waals surface area contributed by atoms with Gasteiger partial charge in [0.15, 0.2) is 17.5 Å². The summed E-state index contributed by atoms with van der Waals surface area (Å²) < 4.78 is 40.0. The first kappa shape index (κ1) is 26.0. The lowest BCUT2D eigenvalue weighted by atomic mass is 9.84. The Morgan fingerprint density at radius 1 is 0.974 bits per heavy atom. The number of hydrogen-bond acceptors (Lipinski definition) is 3. The highest BCUT2D eigenvalue weighted by Crippen LogP contribution is 2.35. The number of carboxylic acid groups (broad SMARTS) is 1. The number of nitrogens with one attached hydrogen (secondary N) is 1. The monoisotopic (exact) mass is 525 g/mol. The second-order valence-electron chi connectivity index (χ2n) is 10.2. The summed E-state index contributed by atoms with van der Waals surface area (Å²) in [5, 5.41) is 11.3. The van der Waals surface area contributed by atoms with Gasteiger partial charge in [0.25, 0.3) is 0 Å². The van der Waals surface area contributed by atoms with Crippen LogP contribution < -0.4 is 0 Å². The molecule has 0 saturated carbocycles. The highest BCUT2D eigenvalue weighted by atomic mass is 19.2. The zero-order chi connectivity index (χ0) is 26.8. The van der Waals surface area contributed by atoms with Gasteiger partial charge in [-0.2, -0.15) is 0 Å². The van der Waals surface area contributed by atoms with E-state index in [1.165, 1.54) is 23.1 Å². The van der Waals surface area contributed by atoms with E-state index in [4.69, 9.17) is 0 Å². The van der Waals surface area contributed by atoms with Gasteiger partial charge in [-0.25, -0.2) is 13.2 Å². The Hall–Kier alpha value is -3.59. The second kappa shape index (κ2) is 11.0. The molecule has 5 rings (SSSR count). The first-order chi connectivity index (χ1) is 18.3. The number of carbonyl (C=O) groups excluding carboxylic acids is 1. The van der Waals surface area contributed by atoms with Gasteiger partial charge in [-0.3, -0.25) is 14.5 Å². The Kier molecular flexibility index (Phi) is 7.56. The minimum Gasteiger partial charge on any atom is -0.480 e. The van der Waals surface area contributed by atoms with Gasteiger partial charge in [-0.15, -0.1) is 0 Å². The molecule has 6 nitrogen and oxygen atoms in total. The summed E-state index contributed by atoms with van der Waals surface area (Å²) >= 11 is 0. The maximum absolute atomic E-state index is 13.4. The average molecular weight is 526 g/mol. The number of rotatable bonds is 6. The fourth-order valence-corrected chi connectivity index (χ4v) is 5.96. The van der Waals surface area contributed by atoms with Gasteiger partial charge in [-0.1, -0.05) is 18.2 Å². The Balaban J connectivity index is 1.17. The number of H-pyrrole nitrogens is 1. The number of hydrogen-bond donors (Lipinski definition) is 2. The quantitative estimate of drug-likeness (QED) is 0.344. The Labute approximate surface area is 218 Å². The van der Waals surface area contributed by atoms with Crippen LogP contribution in [0.4, 0.5) is 13.2 Å². The van der Waals surface area contributed by atoms with E-state index < -0.39 is 29.5 Å². The third-order valence-electron chi connectivity index (χ3n) is 7.96. The molecule has 2 saturated heterocycles. The molecule has 1 unspecified atom stereocenters. The largest absolute Gasteiger partial charge is 0.480 e. The summed E-state index contributed by atoms with van der Waals surface area (Å²) in [6.45, 7) is 2.20. The molecule has 9 heteroatoms. The third kappa shape index (κ3) is 5.34. The fourth-order valence-electron chi connectivity index (χ4n) is 5.96. The summed E-state index contributed by atoms with van der Waals surface area (Å²) in [5.41, 5.74) is 2.45. The predicted molar refractivity (Wildman–Crippen MR) is 138 cm³/mol. The minimum atomic E-state index is -1.55. The molecular formula is C29H30F3N3O3. The number of nitrogens with zero attached hydrogens (tertiary/aromatic N) is 2. The molecule has 38 heavy (non-hydrogen) atoms. The van der Waals surface area contributed by atoms with E-state index in [-0.39, 0.29) is 17.4 Å². The van der Waals surface area contributed by atoms with Crippen LogP contribution in [0.5, 0.6) is 0 Å². The summed E-state index contributed by atoms with van der Waals surface area (Å²) in [7, 11) is 0. The van der Waals surface area contributed by atoms with Crippen molar-refractivity contribution in [3.05, 3.63) is 77.2 Å². The van der Waals surface area contributed by atoms with Crippen LogP contribution >= 0.6 is 0 Å². The zero-order valence-electron chi connectivity index (χ0n) is 20.9. The molecule has 0 bridgehead atoms. The summed E-state index contributed by atoms with van der Waals surface area (Å²) in [4.78, 5) is 31.9. The normalized spacial score (nSPS) is 18.9. The number of fused-ring (bicyclic) bond motifs is 1. The maximum Gasteiger partial charge on any atom is 0.321 e. The summed E-state index contributed by atoms with van der Waals surface area (Å²) in [6, 6.07) is 9.27. The number of halogens is 3. The minimum absolute atomic E-state index is 0.0478. The number of carbonyl (C=O) groups is 2. The van der Waals surface area contributed by atoms with Crippen molar-refractivity contribution in [3.63, 3.8) is 0 Å². The lowest BCUT2D eigenvalue weighted by Gasteiger charge is -2.41. The molecule has 2 fully saturated rings. The van der Waals surface area contributed by atoms with Crippen molar-refractivity contribution in [2.75, 3.05) is 26.2 Å². The van der Waals surface area contributed by atoms with Crippen molar-refractivity contribution in [2.24, 2.45) is 5.92 Å². The van der Waals surface area contributed by atoms with Gasteiger partial charge in [0.1, 0.15) is 6.04 Å². The number of piperidine rings is 2. The van der Waals surface area contributed by atoms with Crippen LogP contribution in [0.3, 0.4) is 0 Å². The van der Waals surface area contributed by atoms with E-state index in [1.807, 2.05) is 12.1 Å². The standard InChI is InChI=1S/C29H30F3N3O3/c30-23-15-18(16-24(31)27(23)32)5-6-26(36)34-11-9-20(10-12-34)28(29(37)38)35-13-7-19(8-14-35)22-17-33-25-4-2-1-3-21(22)25/h1-6,15-17,19-20,28,33H,7-14H2,(H,37,38)/b6-5+. The molecule has 0 radical (unpaired) electrons. The van der Waals surface area contributed by atoms with Gasteiger partial charge >= 0.3 is 5.97 Å². The molecule has 3 aromatic rings. The Bertz CT molecular complexity index is 1330. The van der Waals surface area contributed by atoms with E-state index in [0.717, 1.165) is 30.5 Å². The van der Waals surface area contributed by atoms with Gasteiger partial charge in [-0.05, 0) is 86.0 Å². The topological polar surface area (TPSA) is 76.6 Å². The first-order valence-electron chi connectivity index (χ1n) is 13.0. The molecule has 0 aliphatic carbocycles. The smallest absolute Gasteiger partial charge is 0.321 e. The molecule has 1 aromatic heterocycles. The van der Waals surface area contributed by atoms with E-state index in [9.17, 15) is 27.9 Å². The zero-order valence-corrected chi connectivity index (χ0v) is 20.9. The number of aliphatic carboxylic acids is 1. The highest BCUT2D eigenvalue weighted by Gasteiger charge is 2.38. The van der Waals surface area contributed by atoms with Crippen molar-refractivity contribution in [3.8, 4) is 0 Å². The van der Waals surface area contributed by atoms with Crippen molar-refractivity contribution < 1.29 is 27.9 Å². The molecule has 2 aromatic carbocycles. The van der Waals surface area contributed by atoms with E-state index in [1.54, 1.807) is 4.90 Å². The number of aromatic nitrogens is 1. The maximum atomic E-state index is 13.4. The van der Waals surface area contributed by atoms with Crippen molar-refractivity contribution >= 4 is 28.9 Å². The van der Waals surface area contributed by atoms with Gasteiger partial charge in [0.2, 0.25) is 5.91 Å². The lowest BCUT2D eigenvalue weighted by molar-refractivity contribution is -0.147. The first-order valence-corrected chi connectivity index (χ1v) is 13.0. The molecule has 1 amide bonds. The lowest BCUT2D eigenvalue weighted by Crippen LogP contribution is -2.52. The van der Waals surface area contributed by atoms with E-state index in [2.05, 4.69) is 28.2 Å². The van der Waals surface area contributed by atoms with Gasteiger partial charge < -0.3 is 15.0 Å². The molecule has 2 aliphatic rings. The SMILES string of the molecule is O=C(O)C(C1CCN(C(=O)/C=C/c2cc(F)c(F)c(F)c2)CC1)N1CCC(c2c[nH]c3ccccc23)CC1. The van der Waals surface area contributed by atoms with Crippen LogP contribution in [0.25, 0.3) is 17.0 Å². The number of likely N-dealkylation sites (tertiary alicyclic amines) is 2. The van der Waals surface area contributed by atoms with Gasteiger partial charge in [0.05, 0.1) is 0 Å². The second-order valence-corrected chi connectivity index (χ2v) is 10.2. The van der Waals surface area contributed by atoms with Crippen LogP contribution in [-0.2, 0) is 9.59 Å². The van der Waals surface area contributed by atoms with Gasteiger partial charge in [0, 0.05) is 36.3 Å². The Morgan fingerprint density at radius 2 is 1.63 bits per heavy atom. The molecule has 2 N–H and O–H groups in total. The molecule has 3 heterocycles. The van der Waals surface area contributed by atoms with Crippen LogP contribution in [0, 0.1) is 23.4 Å². The molecule has 1 atom stereocenters. The molecule has 200 valence electrons. The van der Waals surface area contributed by atoms with Crippen molar-refractivity contribution in [1.82, 2.24) is 14.8 Å². The van der Waals surface area contributed by atoms with Crippen LogP contribution in [0.2, 0.25) is 0 Å². The Morgan fingerprint density at radius 3 is 2.29 bits per heavy atom. The third-order valence-corrected chi connectivity index (χ3v) is 7.96. The summed E-state index contributed by atoms with van der Waals surface area (Å²) in [5.74, 6) is -5.05. The van der Waals surface area contributed by atoms with E-state index >= 15 is 0 Å². The average Bonchev–Trinajstić information content (AvgIpc) is 3.35. The molecule has 0 spiro atoms. The fraction of sp³-hybridized carbons (Fsp3) is 0.379. The molecule has 2 aliphatic heterocycles. The number of benzene rings is 2. The molecular weight excluding hydrogens is 495 g/mol. The van der Waals surface area contributed by atoms with Crippen LogP contribution in [0.15, 0.2) is 48.7 Å². The van der Waals surface area contributed by atoms with Crippen LogP contribution in [0.1, 0.15) is 42.7 Å².